The Bertz CT molecular complexity index is 536. The molecule has 2 aliphatic carbocycles. The second kappa shape index (κ2) is 9.05. The highest BCUT2D eigenvalue weighted by molar-refractivity contribution is 5.85. The van der Waals surface area contributed by atoms with Gasteiger partial charge in [-0.25, -0.2) is 0 Å². The van der Waals surface area contributed by atoms with Crippen molar-refractivity contribution in [2.45, 2.75) is 64.5 Å². The normalized spacial score (nSPS) is 29.4. The molecule has 0 aromatic heterocycles. The van der Waals surface area contributed by atoms with Crippen molar-refractivity contribution in [3.05, 3.63) is 35.9 Å². The van der Waals surface area contributed by atoms with Crippen molar-refractivity contribution in [3.8, 4) is 0 Å². The highest BCUT2D eigenvalue weighted by Gasteiger charge is 2.42. The SMILES string of the molecule is CCC(c1ccccc1)N(CC)C(=O)C1CC2CCCC(C1)C2N.Cl. The Morgan fingerprint density at radius 1 is 1.16 bits per heavy atom. The molecule has 3 atom stereocenters. The second-order valence-corrected chi connectivity index (χ2v) is 7.66. The maximum Gasteiger partial charge on any atom is 0.226 e. The zero-order chi connectivity index (χ0) is 17.1. The monoisotopic (exact) mass is 364 g/mol. The van der Waals surface area contributed by atoms with E-state index in [1.165, 1.54) is 24.8 Å². The molecular formula is C21H33ClN2O. The predicted molar refractivity (Wildman–Crippen MR) is 106 cm³/mol. The first-order chi connectivity index (χ1) is 11.7. The molecule has 0 aliphatic heterocycles. The van der Waals surface area contributed by atoms with Crippen LogP contribution in [0.3, 0.4) is 0 Å². The number of hydrogen-bond acceptors (Lipinski definition) is 2. The van der Waals surface area contributed by atoms with Crippen molar-refractivity contribution in [1.82, 2.24) is 4.90 Å². The molecule has 3 unspecified atom stereocenters. The van der Waals surface area contributed by atoms with Crippen LogP contribution in [0, 0.1) is 17.8 Å². The summed E-state index contributed by atoms with van der Waals surface area (Å²) >= 11 is 0. The molecule has 0 radical (unpaired) electrons. The minimum Gasteiger partial charge on any atom is -0.336 e. The number of fused-ring (bicyclic) bond motifs is 2. The molecule has 140 valence electrons. The molecule has 3 rings (SSSR count). The van der Waals surface area contributed by atoms with Crippen LogP contribution in [0.2, 0.25) is 0 Å². The summed E-state index contributed by atoms with van der Waals surface area (Å²) in [6.45, 7) is 5.07. The molecule has 4 heteroatoms. The number of amides is 1. The van der Waals surface area contributed by atoms with Crippen LogP contribution in [0.15, 0.2) is 30.3 Å². The Balaban J connectivity index is 0.00000225. The van der Waals surface area contributed by atoms with Crippen LogP contribution < -0.4 is 5.73 Å². The molecule has 2 aliphatic rings. The summed E-state index contributed by atoms with van der Waals surface area (Å²) in [7, 11) is 0. The number of nitrogens with zero attached hydrogens (tertiary/aromatic N) is 1. The third-order valence-corrected chi connectivity index (χ3v) is 6.33. The molecule has 0 saturated heterocycles. The zero-order valence-electron chi connectivity index (χ0n) is 15.6. The van der Waals surface area contributed by atoms with Crippen LogP contribution in [0.5, 0.6) is 0 Å². The molecule has 0 spiro atoms. The van der Waals surface area contributed by atoms with Crippen molar-refractivity contribution in [2.75, 3.05) is 6.54 Å². The summed E-state index contributed by atoms with van der Waals surface area (Å²) in [4.78, 5) is 15.4. The van der Waals surface area contributed by atoms with Gasteiger partial charge in [0.2, 0.25) is 5.91 Å². The number of rotatable bonds is 5. The summed E-state index contributed by atoms with van der Waals surface area (Å²) in [6.07, 6.45) is 6.68. The lowest BCUT2D eigenvalue weighted by atomic mass is 9.65. The summed E-state index contributed by atoms with van der Waals surface area (Å²) in [5.41, 5.74) is 7.66. The largest absolute Gasteiger partial charge is 0.336 e. The summed E-state index contributed by atoms with van der Waals surface area (Å²) in [6, 6.07) is 11.0. The van der Waals surface area contributed by atoms with Gasteiger partial charge in [-0.2, -0.15) is 0 Å². The molecule has 1 aromatic rings. The molecule has 1 aromatic carbocycles. The summed E-state index contributed by atoms with van der Waals surface area (Å²) < 4.78 is 0. The third-order valence-electron chi connectivity index (χ3n) is 6.33. The molecule has 3 nitrogen and oxygen atoms in total. The predicted octanol–water partition coefficient (Wildman–Crippen LogP) is 4.56. The van der Waals surface area contributed by atoms with E-state index >= 15 is 0 Å². The first-order valence-electron chi connectivity index (χ1n) is 9.76. The number of carbonyl (C=O) groups is 1. The minimum atomic E-state index is 0. The smallest absolute Gasteiger partial charge is 0.226 e. The van der Waals surface area contributed by atoms with E-state index in [0.717, 1.165) is 25.8 Å². The Morgan fingerprint density at radius 2 is 1.76 bits per heavy atom. The molecule has 1 amide bonds. The summed E-state index contributed by atoms with van der Waals surface area (Å²) in [5.74, 6) is 1.65. The fourth-order valence-corrected chi connectivity index (χ4v) is 5.07. The lowest BCUT2D eigenvalue weighted by Gasteiger charge is -2.45. The highest BCUT2D eigenvalue weighted by Crippen LogP contribution is 2.43. The number of hydrogen-bond donors (Lipinski definition) is 1. The van der Waals surface area contributed by atoms with Gasteiger partial charge >= 0.3 is 0 Å². The van der Waals surface area contributed by atoms with Crippen molar-refractivity contribution in [2.24, 2.45) is 23.5 Å². The average molecular weight is 365 g/mol. The van der Waals surface area contributed by atoms with Crippen molar-refractivity contribution in [1.29, 1.82) is 0 Å². The molecule has 2 fully saturated rings. The van der Waals surface area contributed by atoms with Crippen LogP contribution >= 0.6 is 12.4 Å². The van der Waals surface area contributed by atoms with Gasteiger partial charge in [-0.15, -0.1) is 12.4 Å². The van der Waals surface area contributed by atoms with Crippen LogP contribution in [-0.4, -0.2) is 23.4 Å². The number of nitrogens with two attached hydrogens (primary N) is 1. The van der Waals surface area contributed by atoms with Crippen LogP contribution in [0.25, 0.3) is 0 Å². The number of halogens is 1. The zero-order valence-corrected chi connectivity index (χ0v) is 16.4. The van der Waals surface area contributed by atoms with Crippen molar-refractivity contribution >= 4 is 18.3 Å². The molecule has 25 heavy (non-hydrogen) atoms. The van der Waals surface area contributed by atoms with Gasteiger partial charge in [-0.1, -0.05) is 43.7 Å². The Kier molecular flexibility index (Phi) is 7.33. The van der Waals surface area contributed by atoms with Gasteiger partial charge in [0.1, 0.15) is 0 Å². The van der Waals surface area contributed by atoms with Crippen LogP contribution in [-0.2, 0) is 4.79 Å². The fourth-order valence-electron chi connectivity index (χ4n) is 5.07. The maximum absolute atomic E-state index is 13.3. The standard InChI is InChI=1S/C21H32N2O.ClH/c1-3-19(15-9-6-5-7-10-15)23(4-2)21(24)18-13-16-11-8-12-17(14-18)20(16)22;/h5-7,9-10,16-20H,3-4,8,11-14,22H2,1-2H3;1H. The summed E-state index contributed by atoms with van der Waals surface area (Å²) in [5, 5.41) is 0. The van der Waals surface area contributed by atoms with Gasteiger partial charge in [-0.3, -0.25) is 4.79 Å². The highest BCUT2D eigenvalue weighted by atomic mass is 35.5. The van der Waals surface area contributed by atoms with E-state index in [1.807, 2.05) is 6.07 Å². The van der Waals surface area contributed by atoms with E-state index in [4.69, 9.17) is 5.73 Å². The molecule has 2 N–H and O–H groups in total. The van der Waals surface area contributed by atoms with Gasteiger partial charge < -0.3 is 10.6 Å². The lowest BCUT2D eigenvalue weighted by molar-refractivity contribution is -0.141. The lowest BCUT2D eigenvalue weighted by Crippen LogP contribution is -2.50. The third kappa shape index (κ3) is 4.20. The van der Waals surface area contributed by atoms with E-state index in [1.54, 1.807) is 0 Å². The topological polar surface area (TPSA) is 46.3 Å². The van der Waals surface area contributed by atoms with Gasteiger partial charge in [-0.05, 0) is 56.4 Å². The van der Waals surface area contributed by atoms with Crippen LogP contribution in [0.1, 0.15) is 64.0 Å². The van der Waals surface area contributed by atoms with Gasteiger partial charge in [0.15, 0.2) is 0 Å². The van der Waals surface area contributed by atoms with E-state index in [0.29, 0.717) is 23.8 Å². The van der Waals surface area contributed by atoms with E-state index < -0.39 is 0 Å². The molecule has 2 saturated carbocycles. The first kappa shape index (κ1) is 20.3. The van der Waals surface area contributed by atoms with Gasteiger partial charge in [0.25, 0.3) is 0 Å². The Labute approximate surface area is 158 Å². The van der Waals surface area contributed by atoms with E-state index in [9.17, 15) is 4.79 Å². The Morgan fingerprint density at radius 3 is 2.28 bits per heavy atom. The van der Waals surface area contributed by atoms with Crippen molar-refractivity contribution in [3.63, 3.8) is 0 Å². The average Bonchev–Trinajstić information content (AvgIpc) is 2.59. The number of carbonyl (C=O) groups excluding carboxylic acids is 1. The first-order valence-corrected chi connectivity index (χ1v) is 9.76. The minimum absolute atomic E-state index is 0. The van der Waals surface area contributed by atoms with Crippen molar-refractivity contribution < 1.29 is 4.79 Å². The van der Waals surface area contributed by atoms with Gasteiger partial charge in [0.05, 0.1) is 6.04 Å². The maximum atomic E-state index is 13.3. The number of benzene rings is 1. The molecule has 2 bridgehead atoms. The Hall–Kier alpha value is -1.06. The molecular weight excluding hydrogens is 332 g/mol. The quantitative estimate of drug-likeness (QED) is 0.832. The molecule has 0 heterocycles. The second-order valence-electron chi connectivity index (χ2n) is 7.66. The van der Waals surface area contributed by atoms with E-state index in [2.05, 4.69) is 43.0 Å². The fraction of sp³-hybridized carbons (Fsp3) is 0.667. The van der Waals surface area contributed by atoms with Crippen LogP contribution in [0.4, 0.5) is 0 Å². The van der Waals surface area contributed by atoms with Gasteiger partial charge in [0, 0.05) is 18.5 Å². The van der Waals surface area contributed by atoms with E-state index in [-0.39, 0.29) is 24.4 Å².